The quantitative estimate of drug-likeness (QED) is 0.0723. The first-order valence-electron chi connectivity index (χ1n) is 17.6. The molecule has 5 rings (SSSR count). The zero-order valence-corrected chi connectivity index (χ0v) is 31.1. The Hall–Kier alpha value is -4.06. The molecule has 0 amide bonds. The van der Waals surface area contributed by atoms with E-state index in [1.54, 1.807) is 20.8 Å². The van der Waals surface area contributed by atoms with Crippen molar-refractivity contribution in [3.05, 3.63) is 161 Å². The predicted molar refractivity (Wildman–Crippen MR) is 201 cm³/mol. The van der Waals surface area contributed by atoms with Gasteiger partial charge in [0.15, 0.2) is 11.6 Å². The van der Waals surface area contributed by atoms with E-state index in [1.165, 1.54) is 10.6 Å². The van der Waals surface area contributed by atoms with Crippen LogP contribution in [0.15, 0.2) is 121 Å². The maximum Gasteiger partial charge on any atom is 0.543 e. The molecule has 0 atom stereocenters. The minimum Gasteiger partial charge on any atom is -0.370 e. The SMILES string of the molecule is CCO[Si](OCC)(OCC)c1c(F)c(F)c([B-](Cc2ccccc2)(Cc2ccccc2)Cc2ccccc2)c(F)c1F.C[NH+](C)c1ccccc1. The largest absolute Gasteiger partial charge is 0.543 e. The summed E-state index contributed by atoms with van der Waals surface area (Å²) in [6, 6.07) is 38.1. The van der Waals surface area contributed by atoms with Crippen LogP contribution in [0.5, 0.6) is 0 Å². The summed E-state index contributed by atoms with van der Waals surface area (Å²) in [5.41, 5.74) is 3.15. The fourth-order valence-corrected chi connectivity index (χ4v) is 9.44. The van der Waals surface area contributed by atoms with Crippen LogP contribution in [0.3, 0.4) is 0 Å². The van der Waals surface area contributed by atoms with Crippen LogP contribution in [0.2, 0.25) is 0 Å². The Bertz CT molecular complexity index is 1640. The number of hydrogen-bond donors (Lipinski definition) is 1. The monoisotopic (exact) mass is 717 g/mol. The Labute approximate surface area is 301 Å². The number of benzene rings is 5. The third-order valence-corrected chi connectivity index (χ3v) is 12.0. The molecule has 0 aliphatic rings. The van der Waals surface area contributed by atoms with Gasteiger partial charge in [0, 0.05) is 26.0 Å². The predicted octanol–water partition coefficient (Wildman–Crippen LogP) is 6.96. The number of quaternary nitrogens is 1. The first kappa shape index (κ1) is 39.7. The Kier molecular flexibility index (Phi) is 14.8. The maximum atomic E-state index is 16.6. The molecule has 0 saturated carbocycles. The van der Waals surface area contributed by atoms with Crippen molar-refractivity contribution in [3.8, 4) is 0 Å². The summed E-state index contributed by atoms with van der Waals surface area (Å²) in [6.07, 6.45) is -1.81. The normalized spacial score (nSPS) is 11.7. The molecule has 270 valence electrons. The lowest BCUT2D eigenvalue weighted by molar-refractivity contribution is -0.786. The molecule has 0 spiro atoms. The van der Waals surface area contributed by atoms with E-state index in [1.807, 2.05) is 97.1 Å². The molecule has 51 heavy (non-hydrogen) atoms. The second-order valence-electron chi connectivity index (χ2n) is 12.8. The first-order chi connectivity index (χ1) is 24.6. The van der Waals surface area contributed by atoms with Gasteiger partial charge in [-0.2, -0.15) is 0 Å². The lowest BCUT2D eigenvalue weighted by Gasteiger charge is -2.42. The minimum absolute atomic E-state index is 0.0278. The average molecular weight is 718 g/mol. The van der Waals surface area contributed by atoms with Crippen LogP contribution in [0, 0.1) is 23.3 Å². The van der Waals surface area contributed by atoms with E-state index in [2.05, 4.69) is 38.4 Å². The van der Waals surface area contributed by atoms with Crippen molar-refractivity contribution in [2.24, 2.45) is 0 Å². The fraction of sp³-hybridized carbons (Fsp3) is 0.268. The van der Waals surface area contributed by atoms with Gasteiger partial charge in [0.25, 0.3) is 0 Å². The van der Waals surface area contributed by atoms with Crippen LogP contribution in [0.1, 0.15) is 37.5 Å². The summed E-state index contributed by atoms with van der Waals surface area (Å²) in [7, 11) is -0.110. The Morgan fingerprint density at radius 2 is 0.804 bits per heavy atom. The topological polar surface area (TPSA) is 32.1 Å². The van der Waals surface area contributed by atoms with Gasteiger partial charge < -0.3 is 18.2 Å². The highest BCUT2D eigenvalue weighted by atomic mass is 28.4. The van der Waals surface area contributed by atoms with Gasteiger partial charge >= 0.3 is 8.80 Å². The van der Waals surface area contributed by atoms with Crippen LogP contribution in [-0.2, 0) is 32.2 Å². The van der Waals surface area contributed by atoms with Gasteiger partial charge in [-0.1, -0.05) is 126 Å². The van der Waals surface area contributed by atoms with Crippen molar-refractivity contribution in [2.75, 3.05) is 33.9 Å². The third kappa shape index (κ3) is 9.84. The van der Waals surface area contributed by atoms with Gasteiger partial charge in [0.05, 0.1) is 19.3 Å². The molecule has 0 aliphatic carbocycles. The summed E-state index contributed by atoms with van der Waals surface area (Å²) in [5, 5.41) is -0.935. The molecule has 0 unspecified atom stereocenters. The highest BCUT2D eigenvalue weighted by Gasteiger charge is 2.51. The molecule has 10 heteroatoms. The lowest BCUT2D eigenvalue weighted by Crippen LogP contribution is -3.00. The molecular weight excluding hydrogens is 669 g/mol. The highest BCUT2D eigenvalue weighted by Crippen LogP contribution is 2.28. The van der Waals surface area contributed by atoms with Crippen molar-refractivity contribution < 1.29 is 35.7 Å². The molecule has 0 radical (unpaired) electrons. The molecule has 0 aliphatic heterocycles. The van der Waals surface area contributed by atoms with Gasteiger partial charge in [-0.15, -0.1) is 24.4 Å². The number of hydrogen-bond acceptors (Lipinski definition) is 3. The fourth-order valence-electron chi connectivity index (χ4n) is 6.86. The summed E-state index contributed by atoms with van der Waals surface area (Å²) in [4.78, 5) is 1.37. The van der Waals surface area contributed by atoms with E-state index in [0.29, 0.717) is 0 Å². The van der Waals surface area contributed by atoms with Crippen molar-refractivity contribution in [1.29, 1.82) is 0 Å². The van der Waals surface area contributed by atoms with E-state index in [4.69, 9.17) is 13.3 Å². The van der Waals surface area contributed by atoms with E-state index >= 15 is 17.6 Å². The Morgan fingerprint density at radius 3 is 1.08 bits per heavy atom. The standard InChI is InChI=1S/C33H36BF4O3Si.C8H11N/c1-4-39-42(40-5-2,41-6-3)33-31(37)29(35)28(30(36)32(33)38)34(22-25-16-10-7-11-17-25,23-26-18-12-8-13-19-26)24-27-20-14-9-15-21-27;1-9(2)8-6-4-3-5-7-8/h7-21H,4-6,22-24H2,1-3H3;3-7H,1-2H3/q-1;/p+1. The van der Waals surface area contributed by atoms with Crippen molar-refractivity contribution >= 4 is 31.3 Å². The molecule has 0 heterocycles. The van der Waals surface area contributed by atoms with Crippen LogP contribution in [0.25, 0.3) is 0 Å². The summed E-state index contributed by atoms with van der Waals surface area (Å²) >= 11 is 0. The first-order valence-corrected chi connectivity index (χ1v) is 19.3. The maximum absolute atomic E-state index is 16.6. The van der Waals surface area contributed by atoms with E-state index in [0.717, 1.165) is 16.7 Å². The zero-order valence-electron chi connectivity index (χ0n) is 30.1. The lowest BCUT2D eigenvalue weighted by atomic mass is 9.15. The number of halogens is 4. The van der Waals surface area contributed by atoms with Gasteiger partial charge in [0.2, 0.25) is 0 Å². The third-order valence-electron chi connectivity index (χ3n) is 8.98. The minimum atomic E-state index is -4.35. The Morgan fingerprint density at radius 1 is 0.490 bits per heavy atom. The molecule has 4 nitrogen and oxygen atoms in total. The van der Waals surface area contributed by atoms with Crippen molar-refractivity contribution in [3.63, 3.8) is 0 Å². The van der Waals surface area contributed by atoms with E-state index in [9.17, 15) is 0 Å². The number of nitrogens with one attached hydrogen (secondary N) is 1. The van der Waals surface area contributed by atoms with Gasteiger partial charge in [-0.3, -0.25) is 0 Å². The average Bonchev–Trinajstić information content (AvgIpc) is 3.13. The van der Waals surface area contributed by atoms with E-state index in [-0.39, 0.29) is 38.8 Å². The molecule has 0 saturated heterocycles. The second-order valence-corrected chi connectivity index (χ2v) is 15.3. The van der Waals surface area contributed by atoms with Gasteiger partial charge in [0.1, 0.15) is 17.3 Å². The zero-order chi connectivity index (χ0) is 36.9. The van der Waals surface area contributed by atoms with Gasteiger partial charge in [-0.05, 0) is 32.9 Å². The van der Waals surface area contributed by atoms with Crippen LogP contribution < -0.4 is 15.5 Å². The van der Waals surface area contributed by atoms with Crippen LogP contribution >= 0.6 is 0 Å². The van der Waals surface area contributed by atoms with Crippen LogP contribution in [-0.4, -0.2) is 48.9 Å². The Balaban J connectivity index is 0.000000563. The van der Waals surface area contributed by atoms with Crippen LogP contribution in [0.4, 0.5) is 23.2 Å². The number of rotatable bonds is 15. The molecule has 0 bridgehead atoms. The molecule has 5 aromatic carbocycles. The van der Waals surface area contributed by atoms with Gasteiger partial charge in [-0.25, -0.2) is 17.6 Å². The molecule has 0 fully saturated rings. The highest BCUT2D eigenvalue weighted by molar-refractivity contribution is 6.90. The molecule has 0 aromatic heterocycles. The molecule has 5 aromatic rings. The smallest absolute Gasteiger partial charge is 0.370 e. The molecular formula is C41H48BF4NO3Si. The summed E-state index contributed by atoms with van der Waals surface area (Å²) < 4.78 is 83.0. The summed E-state index contributed by atoms with van der Waals surface area (Å²) in [6.45, 7) is 4.72. The molecule has 1 N–H and O–H groups in total. The van der Waals surface area contributed by atoms with Crippen molar-refractivity contribution in [1.82, 2.24) is 0 Å². The second kappa shape index (κ2) is 19.0. The van der Waals surface area contributed by atoms with Crippen molar-refractivity contribution in [2.45, 2.75) is 39.7 Å². The van der Waals surface area contributed by atoms with E-state index < -0.39 is 48.9 Å². The number of para-hydroxylation sites is 1. The summed E-state index contributed by atoms with van der Waals surface area (Å²) in [5.74, 6) is -5.96.